The fourth-order valence-corrected chi connectivity index (χ4v) is 3.94. The van der Waals surface area contributed by atoms with Crippen molar-refractivity contribution in [2.75, 3.05) is 5.32 Å². The Morgan fingerprint density at radius 1 is 1.09 bits per heavy atom. The molecule has 0 aliphatic heterocycles. The summed E-state index contributed by atoms with van der Waals surface area (Å²) in [5.74, 6) is -0.359. The normalized spacial score (nSPS) is 10.6. The van der Waals surface area contributed by atoms with Crippen molar-refractivity contribution in [2.45, 2.75) is 13.5 Å². The highest BCUT2D eigenvalue weighted by atomic mass is 16.2. The first-order valence-corrected chi connectivity index (χ1v) is 10.7. The lowest BCUT2D eigenvalue weighted by atomic mass is 9.98. The van der Waals surface area contributed by atoms with Crippen LogP contribution in [0.2, 0.25) is 0 Å². The average Bonchev–Trinajstić information content (AvgIpc) is 3.49. The maximum atomic E-state index is 13.0. The first-order chi connectivity index (χ1) is 17.0. The molecule has 0 saturated carbocycles. The van der Waals surface area contributed by atoms with E-state index in [2.05, 4.69) is 37.7 Å². The Hall–Kier alpha value is -5.28. The van der Waals surface area contributed by atoms with Crippen molar-refractivity contribution in [3.63, 3.8) is 0 Å². The van der Waals surface area contributed by atoms with Crippen LogP contribution in [-0.2, 0) is 6.54 Å². The Bertz CT molecular complexity index is 1660. The number of H-pyrrole nitrogens is 1. The molecule has 168 valence electrons. The number of hydrogen-bond donors (Lipinski definition) is 2. The number of carbonyl (C=O) groups excluding carboxylic acids is 1. The number of fused-ring (bicyclic) bond motifs is 1. The molecule has 0 unspecified atom stereocenters. The van der Waals surface area contributed by atoms with Crippen LogP contribution in [0.15, 0.2) is 67.3 Å². The number of rotatable bonds is 5. The molecule has 0 saturated heterocycles. The van der Waals surface area contributed by atoms with Crippen LogP contribution in [-0.4, -0.2) is 30.9 Å². The SMILES string of the molecule is Cc1cc2c(C(=O)Nc3cnn(Cc4cccc(C#N)c4)c3)n[nH]c2cc1-c1cncc(C#N)c1. The van der Waals surface area contributed by atoms with Crippen molar-refractivity contribution in [1.82, 2.24) is 25.0 Å². The molecule has 0 spiro atoms. The van der Waals surface area contributed by atoms with Crippen molar-refractivity contribution in [2.24, 2.45) is 0 Å². The Morgan fingerprint density at radius 2 is 1.94 bits per heavy atom. The van der Waals surface area contributed by atoms with Crippen molar-refractivity contribution >= 4 is 22.5 Å². The van der Waals surface area contributed by atoms with E-state index in [0.29, 0.717) is 34.3 Å². The van der Waals surface area contributed by atoms with Gasteiger partial charge < -0.3 is 5.32 Å². The van der Waals surface area contributed by atoms with Crippen LogP contribution in [0.3, 0.4) is 0 Å². The minimum atomic E-state index is -0.359. The lowest BCUT2D eigenvalue weighted by Gasteiger charge is -2.07. The molecule has 9 heteroatoms. The van der Waals surface area contributed by atoms with E-state index in [4.69, 9.17) is 10.5 Å². The predicted molar refractivity (Wildman–Crippen MR) is 129 cm³/mol. The summed E-state index contributed by atoms with van der Waals surface area (Å²) in [6.07, 6.45) is 6.51. The third-order valence-corrected chi connectivity index (χ3v) is 5.59. The standard InChI is InChI=1S/C26H18N8O/c1-16-5-23-24(8-22(16)20-7-19(10-28)11-29-12-20)32-33-25(23)26(35)31-21-13-30-34(15-21)14-18-4-2-3-17(6-18)9-27/h2-8,11-13,15H,14H2,1H3,(H,31,35)(H,32,33). The maximum Gasteiger partial charge on any atom is 0.276 e. The largest absolute Gasteiger partial charge is 0.318 e. The van der Waals surface area contributed by atoms with E-state index >= 15 is 0 Å². The molecule has 0 radical (unpaired) electrons. The van der Waals surface area contributed by atoms with Gasteiger partial charge in [0.2, 0.25) is 0 Å². The molecular weight excluding hydrogens is 440 g/mol. The number of carbonyl (C=O) groups is 1. The van der Waals surface area contributed by atoms with Gasteiger partial charge in [0.05, 0.1) is 41.1 Å². The molecule has 35 heavy (non-hydrogen) atoms. The van der Waals surface area contributed by atoms with Gasteiger partial charge in [0.15, 0.2) is 5.69 Å². The molecule has 0 bridgehead atoms. The van der Waals surface area contributed by atoms with Gasteiger partial charge in [-0.2, -0.15) is 20.7 Å². The highest BCUT2D eigenvalue weighted by Gasteiger charge is 2.17. The molecule has 0 atom stereocenters. The lowest BCUT2D eigenvalue weighted by Crippen LogP contribution is -2.12. The van der Waals surface area contributed by atoms with E-state index in [1.54, 1.807) is 41.5 Å². The van der Waals surface area contributed by atoms with Gasteiger partial charge in [-0.25, -0.2) is 0 Å². The zero-order valence-electron chi connectivity index (χ0n) is 18.6. The second kappa shape index (κ2) is 8.93. The molecule has 0 aliphatic rings. The van der Waals surface area contributed by atoms with Gasteiger partial charge in [-0.15, -0.1) is 0 Å². The average molecular weight is 458 g/mol. The number of anilines is 1. The van der Waals surface area contributed by atoms with E-state index in [-0.39, 0.29) is 11.6 Å². The number of nitrogens with zero attached hydrogens (tertiary/aromatic N) is 6. The zero-order valence-corrected chi connectivity index (χ0v) is 18.6. The van der Waals surface area contributed by atoms with Crippen molar-refractivity contribution in [3.8, 4) is 23.3 Å². The minimum Gasteiger partial charge on any atom is -0.318 e. The summed E-state index contributed by atoms with van der Waals surface area (Å²) in [4.78, 5) is 17.1. The summed E-state index contributed by atoms with van der Waals surface area (Å²) in [7, 11) is 0. The first-order valence-electron chi connectivity index (χ1n) is 10.7. The third-order valence-electron chi connectivity index (χ3n) is 5.59. The number of nitriles is 2. The number of benzene rings is 2. The van der Waals surface area contributed by atoms with Gasteiger partial charge in [-0.3, -0.25) is 19.6 Å². The molecule has 5 aromatic rings. The van der Waals surface area contributed by atoms with Gasteiger partial charge >= 0.3 is 0 Å². The number of pyridine rings is 1. The van der Waals surface area contributed by atoms with Gasteiger partial charge in [0.25, 0.3) is 5.91 Å². The van der Waals surface area contributed by atoms with Gasteiger partial charge in [0.1, 0.15) is 6.07 Å². The summed E-state index contributed by atoms with van der Waals surface area (Å²) in [6, 6.07) is 17.1. The third kappa shape index (κ3) is 4.34. The molecular formula is C26H18N8O. The van der Waals surface area contributed by atoms with E-state index in [9.17, 15) is 4.79 Å². The molecule has 2 N–H and O–H groups in total. The quantitative estimate of drug-likeness (QED) is 0.406. The molecule has 3 aromatic heterocycles. The van der Waals surface area contributed by atoms with Gasteiger partial charge in [-0.05, 0) is 53.9 Å². The Balaban J connectivity index is 1.36. The predicted octanol–water partition coefficient (Wildman–Crippen LogP) is 4.17. The number of nitrogens with one attached hydrogen (secondary N) is 2. The summed E-state index contributed by atoms with van der Waals surface area (Å²) in [6.45, 7) is 2.41. The lowest BCUT2D eigenvalue weighted by molar-refractivity contribution is 0.102. The molecule has 1 amide bonds. The number of hydrogen-bond acceptors (Lipinski definition) is 6. The van der Waals surface area contributed by atoms with Gasteiger partial charge in [-0.1, -0.05) is 12.1 Å². The first kappa shape index (κ1) is 21.6. The highest BCUT2D eigenvalue weighted by molar-refractivity contribution is 6.11. The Morgan fingerprint density at radius 3 is 2.77 bits per heavy atom. The topological polar surface area (TPSA) is 136 Å². The smallest absolute Gasteiger partial charge is 0.276 e. The molecule has 0 aliphatic carbocycles. The molecule has 5 rings (SSSR count). The molecule has 3 heterocycles. The number of aromatic nitrogens is 5. The second-order valence-electron chi connectivity index (χ2n) is 8.05. The molecule has 2 aromatic carbocycles. The van der Waals surface area contributed by atoms with Crippen LogP contribution in [0, 0.1) is 29.6 Å². The van der Waals surface area contributed by atoms with Crippen molar-refractivity contribution in [1.29, 1.82) is 10.5 Å². The fraction of sp³-hybridized carbons (Fsp3) is 0.0769. The van der Waals surface area contributed by atoms with Gasteiger partial charge in [0, 0.05) is 29.5 Å². The molecule has 0 fully saturated rings. The summed E-state index contributed by atoms with van der Waals surface area (Å²) in [5, 5.41) is 33.2. The van der Waals surface area contributed by atoms with Crippen LogP contribution in [0.1, 0.15) is 32.7 Å². The van der Waals surface area contributed by atoms with Crippen LogP contribution < -0.4 is 5.32 Å². The Labute approximate surface area is 200 Å². The fourth-order valence-electron chi connectivity index (χ4n) is 3.94. The summed E-state index contributed by atoms with van der Waals surface area (Å²) in [5.41, 5.74) is 6.15. The van der Waals surface area contributed by atoms with Crippen LogP contribution in [0.4, 0.5) is 5.69 Å². The van der Waals surface area contributed by atoms with E-state index in [0.717, 1.165) is 22.3 Å². The van der Waals surface area contributed by atoms with E-state index in [1.807, 2.05) is 31.2 Å². The van der Waals surface area contributed by atoms with Crippen molar-refractivity contribution < 1.29 is 4.79 Å². The summed E-state index contributed by atoms with van der Waals surface area (Å²) >= 11 is 0. The van der Waals surface area contributed by atoms with Crippen molar-refractivity contribution in [3.05, 3.63) is 95.2 Å². The van der Waals surface area contributed by atoms with Crippen LogP contribution in [0.5, 0.6) is 0 Å². The molecule has 9 nitrogen and oxygen atoms in total. The number of aromatic amines is 1. The van der Waals surface area contributed by atoms with Crippen LogP contribution in [0.25, 0.3) is 22.0 Å². The zero-order chi connectivity index (χ0) is 24.4. The number of aryl methyl sites for hydroxylation is 1. The van der Waals surface area contributed by atoms with Crippen LogP contribution >= 0.6 is 0 Å². The maximum absolute atomic E-state index is 13.0. The van der Waals surface area contributed by atoms with E-state index in [1.165, 1.54) is 6.20 Å². The summed E-state index contributed by atoms with van der Waals surface area (Å²) < 4.78 is 1.69. The second-order valence-corrected chi connectivity index (χ2v) is 8.05. The highest BCUT2D eigenvalue weighted by Crippen LogP contribution is 2.29. The Kier molecular flexibility index (Phi) is 5.50. The number of amides is 1. The van der Waals surface area contributed by atoms with E-state index < -0.39 is 0 Å². The minimum absolute atomic E-state index is 0.271. The monoisotopic (exact) mass is 458 g/mol.